The Balaban J connectivity index is 1.16. The molecule has 7 rings (SSSR count). The van der Waals surface area contributed by atoms with Gasteiger partial charge < -0.3 is 19.1 Å². The van der Waals surface area contributed by atoms with Crippen molar-refractivity contribution in [1.29, 1.82) is 0 Å². The summed E-state index contributed by atoms with van der Waals surface area (Å²) in [5.41, 5.74) is 6.71. The Morgan fingerprint density at radius 1 is 1.08 bits per heavy atom. The zero-order valence-corrected chi connectivity index (χ0v) is 28.6. The van der Waals surface area contributed by atoms with E-state index in [9.17, 15) is 14.0 Å². The van der Waals surface area contributed by atoms with Gasteiger partial charge in [-0.2, -0.15) is 5.10 Å². The van der Waals surface area contributed by atoms with Crippen LogP contribution in [0.4, 0.5) is 20.0 Å². The number of imidazole rings is 1. The topological polar surface area (TPSA) is 110 Å². The number of piperazine rings is 1. The van der Waals surface area contributed by atoms with E-state index in [1.54, 1.807) is 32.1 Å². The lowest BCUT2D eigenvalue weighted by atomic mass is 9.95. The van der Waals surface area contributed by atoms with Crippen LogP contribution in [0.15, 0.2) is 54.4 Å². The first kappa shape index (κ1) is 31.8. The number of thiazole rings is 1. The summed E-state index contributed by atoms with van der Waals surface area (Å²) in [6.07, 6.45) is 4.05. The third-order valence-corrected chi connectivity index (χ3v) is 9.66. The number of benzene rings is 2. The fourth-order valence-electron chi connectivity index (χ4n) is 6.59. The van der Waals surface area contributed by atoms with Gasteiger partial charge in [0.25, 0.3) is 5.91 Å². The van der Waals surface area contributed by atoms with Gasteiger partial charge in [0.1, 0.15) is 11.8 Å². The highest BCUT2D eigenvalue weighted by Crippen LogP contribution is 2.35. The van der Waals surface area contributed by atoms with Crippen LogP contribution in [0, 0.1) is 13.8 Å². The Bertz CT molecular complexity index is 1970. The molecule has 0 spiro atoms. The molecule has 1 N–H and O–H groups in total. The van der Waals surface area contributed by atoms with Crippen LogP contribution in [0.5, 0.6) is 0 Å². The number of hydrogen-bond donors (Lipinski definition) is 1. The number of carbonyl (C=O) groups is 2. The van der Waals surface area contributed by atoms with Crippen LogP contribution in [0.3, 0.4) is 0 Å². The molecule has 3 aromatic heterocycles. The summed E-state index contributed by atoms with van der Waals surface area (Å²) >= 11 is 1.33. The summed E-state index contributed by atoms with van der Waals surface area (Å²) in [6, 6.07) is 9.72. The predicted molar refractivity (Wildman–Crippen MR) is 184 cm³/mol. The molecule has 0 aliphatic carbocycles. The number of halogens is 1. The maximum Gasteiger partial charge on any atom is 0.410 e. The maximum atomic E-state index is 14.4. The van der Waals surface area contributed by atoms with Crippen LogP contribution in [0.2, 0.25) is 0 Å². The van der Waals surface area contributed by atoms with Crippen LogP contribution in [0.1, 0.15) is 49.3 Å². The minimum Gasteiger partial charge on any atom is -0.444 e. The number of alkyl halides is 1. The molecule has 1 saturated heterocycles. The molecule has 0 radical (unpaired) electrons. The number of fused-ring (bicyclic) bond motifs is 2. The van der Waals surface area contributed by atoms with Crippen LogP contribution in [-0.2, 0) is 22.5 Å². The number of aromatic nitrogens is 5. The molecular weight excluding hydrogens is 632 g/mol. The minimum atomic E-state index is -1.01. The van der Waals surface area contributed by atoms with Gasteiger partial charge >= 0.3 is 6.09 Å². The van der Waals surface area contributed by atoms with Crippen molar-refractivity contribution in [3.05, 3.63) is 76.9 Å². The second-order valence-corrected chi connectivity index (χ2v) is 14.4. The van der Waals surface area contributed by atoms with E-state index in [0.717, 1.165) is 51.9 Å². The number of nitrogens with zero attached hydrogens (tertiary/aromatic N) is 7. The van der Waals surface area contributed by atoms with Crippen molar-refractivity contribution in [2.75, 3.05) is 36.4 Å². The van der Waals surface area contributed by atoms with Gasteiger partial charge in [-0.3, -0.25) is 14.8 Å². The molecular formula is C35H39FN8O3S. The average Bonchev–Trinajstić information content (AvgIpc) is 3.85. The molecule has 13 heteroatoms. The van der Waals surface area contributed by atoms with E-state index in [2.05, 4.69) is 50.5 Å². The zero-order chi connectivity index (χ0) is 33.7. The second kappa shape index (κ2) is 12.3. The number of nitrogens with one attached hydrogen (secondary N) is 1. The lowest BCUT2D eigenvalue weighted by Gasteiger charge is -2.36. The van der Waals surface area contributed by atoms with Crippen LogP contribution in [0.25, 0.3) is 22.0 Å². The van der Waals surface area contributed by atoms with Crippen LogP contribution >= 0.6 is 11.3 Å². The molecule has 1 fully saturated rings. The molecule has 0 bridgehead atoms. The first-order chi connectivity index (χ1) is 22.9. The fourth-order valence-corrected chi connectivity index (χ4v) is 7.12. The molecule has 0 saturated carbocycles. The van der Waals surface area contributed by atoms with Crippen molar-refractivity contribution < 1.29 is 18.7 Å². The third kappa shape index (κ3) is 6.14. The van der Waals surface area contributed by atoms with Gasteiger partial charge in [-0.1, -0.05) is 18.2 Å². The summed E-state index contributed by atoms with van der Waals surface area (Å²) in [7, 11) is 0. The number of rotatable bonds is 6. The molecule has 1 unspecified atom stereocenters. The second-order valence-electron chi connectivity index (χ2n) is 13.5. The summed E-state index contributed by atoms with van der Waals surface area (Å²) < 4.78 is 23.4. The average molecular weight is 671 g/mol. The van der Waals surface area contributed by atoms with Crippen LogP contribution < -0.4 is 10.2 Å². The molecule has 48 heavy (non-hydrogen) atoms. The van der Waals surface area contributed by atoms with Gasteiger partial charge in [0.2, 0.25) is 0 Å². The Kier molecular flexibility index (Phi) is 8.18. The van der Waals surface area contributed by atoms with E-state index in [1.807, 2.05) is 40.8 Å². The molecule has 2 aliphatic rings. The molecule has 2 aliphatic heterocycles. The van der Waals surface area contributed by atoms with Gasteiger partial charge in [0.05, 0.1) is 24.1 Å². The van der Waals surface area contributed by atoms with Crippen molar-refractivity contribution in [2.45, 2.75) is 65.4 Å². The zero-order valence-electron chi connectivity index (χ0n) is 27.7. The van der Waals surface area contributed by atoms with E-state index < -0.39 is 17.8 Å². The maximum absolute atomic E-state index is 14.4. The smallest absolute Gasteiger partial charge is 0.410 e. The summed E-state index contributed by atoms with van der Waals surface area (Å²) in [6.45, 7) is 12.6. The van der Waals surface area contributed by atoms with Crippen molar-refractivity contribution >= 4 is 45.1 Å². The van der Waals surface area contributed by atoms with Gasteiger partial charge in [-0.15, -0.1) is 11.3 Å². The van der Waals surface area contributed by atoms with Crippen molar-refractivity contribution in [3.63, 3.8) is 0 Å². The van der Waals surface area contributed by atoms with E-state index in [0.29, 0.717) is 29.6 Å². The minimum absolute atomic E-state index is 0.203. The first-order valence-corrected chi connectivity index (χ1v) is 17.0. The number of ether oxygens (including phenoxy) is 1. The SMILES string of the molecule is Cc1cc(-c2ccc(N3CCN(C(=O)OC(C)(C)C)CC3)cc2)c(C)c2nn(C(C(=O)Nc3nccs3)c3ncn4c3C[C@@H](F)C4)cc12. The Labute approximate surface area is 282 Å². The van der Waals surface area contributed by atoms with Crippen molar-refractivity contribution in [2.24, 2.45) is 0 Å². The summed E-state index contributed by atoms with van der Waals surface area (Å²) in [4.78, 5) is 39.2. The predicted octanol–water partition coefficient (Wildman–Crippen LogP) is 6.15. The number of aryl methyl sites for hydroxylation is 2. The Hall–Kier alpha value is -4.78. The number of hydrogen-bond acceptors (Lipinski definition) is 8. The number of amides is 2. The van der Waals surface area contributed by atoms with Gasteiger partial charge in [-0.05, 0) is 69.0 Å². The molecule has 250 valence electrons. The highest BCUT2D eigenvalue weighted by atomic mass is 32.1. The Morgan fingerprint density at radius 2 is 1.83 bits per heavy atom. The molecule has 5 heterocycles. The molecule has 11 nitrogen and oxygen atoms in total. The lowest BCUT2D eigenvalue weighted by Crippen LogP contribution is -2.50. The number of anilines is 2. The van der Waals surface area contributed by atoms with Gasteiger partial charge in [0, 0.05) is 67.1 Å². The Morgan fingerprint density at radius 3 is 2.52 bits per heavy atom. The molecule has 2 aromatic carbocycles. The van der Waals surface area contributed by atoms with Gasteiger partial charge in [0.15, 0.2) is 11.2 Å². The van der Waals surface area contributed by atoms with E-state index in [1.165, 1.54) is 11.3 Å². The number of carbonyl (C=O) groups excluding carboxylic acids is 2. The van der Waals surface area contributed by atoms with Crippen LogP contribution in [-0.4, -0.2) is 79.2 Å². The first-order valence-electron chi connectivity index (χ1n) is 16.2. The molecule has 5 aromatic rings. The quantitative estimate of drug-likeness (QED) is 0.231. The van der Waals surface area contributed by atoms with Crippen molar-refractivity contribution in [1.82, 2.24) is 29.2 Å². The monoisotopic (exact) mass is 670 g/mol. The third-order valence-electron chi connectivity index (χ3n) is 8.97. The summed E-state index contributed by atoms with van der Waals surface area (Å²) in [5, 5.41) is 11.1. The fraction of sp³-hybridized carbons (Fsp3) is 0.400. The van der Waals surface area contributed by atoms with Crippen molar-refractivity contribution in [3.8, 4) is 11.1 Å². The molecule has 2 amide bonds. The van der Waals surface area contributed by atoms with E-state index >= 15 is 0 Å². The molecule has 2 atom stereocenters. The highest BCUT2D eigenvalue weighted by molar-refractivity contribution is 7.13. The normalized spacial score (nSPS) is 17.1. The lowest BCUT2D eigenvalue weighted by molar-refractivity contribution is -0.118. The van der Waals surface area contributed by atoms with E-state index in [-0.39, 0.29) is 25.0 Å². The van der Waals surface area contributed by atoms with E-state index in [4.69, 9.17) is 9.84 Å². The van der Waals surface area contributed by atoms with Gasteiger partial charge in [-0.25, -0.2) is 19.2 Å². The summed E-state index contributed by atoms with van der Waals surface area (Å²) in [5.74, 6) is -0.334. The standard InChI is InChI=1S/C35H39FN8O3S/c1-21-16-26(23-6-8-25(9-7-23)41-11-13-42(14-12-41)34(46)47-35(3,4)5)22(2)29-27(21)19-44(40-29)31(32(45)39-33-37-10-15-48-33)30-28-17-24(36)18-43(28)20-38-30/h6-10,15-16,19-20,24,31H,11-14,17-18H2,1-5H3,(H,37,39,45)/t24-,31?/m1/s1. The highest BCUT2D eigenvalue weighted by Gasteiger charge is 2.34. The largest absolute Gasteiger partial charge is 0.444 e.